The molecule has 1 aromatic rings. The van der Waals surface area contributed by atoms with E-state index in [1.54, 1.807) is 11.3 Å². The van der Waals surface area contributed by atoms with Crippen LogP contribution in [-0.4, -0.2) is 18.2 Å². The molecule has 1 unspecified atom stereocenters. The molecule has 0 radical (unpaired) electrons. The highest BCUT2D eigenvalue weighted by Gasteiger charge is 2.18. The topological polar surface area (TPSA) is 48.1 Å². The number of thiazole rings is 1. The van der Waals surface area contributed by atoms with Crippen LogP contribution in [0.3, 0.4) is 0 Å². The number of ether oxygens (including phenoxy) is 1. The Balaban J connectivity index is 2.01. The van der Waals surface area contributed by atoms with Crippen molar-refractivity contribution in [2.75, 3.05) is 13.2 Å². The minimum absolute atomic E-state index is 0.616. The van der Waals surface area contributed by atoms with E-state index in [-0.39, 0.29) is 0 Å². The van der Waals surface area contributed by atoms with Gasteiger partial charge in [-0.2, -0.15) is 0 Å². The SMILES string of the molecule is Cc1nc(CC2CCOC2)sc1CN. The second-order valence-corrected chi connectivity index (χ2v) is 4.92. The van der Waals surface area contributed by atoms with E-state index >= 15 is 0 Å². The zero-order chi connectivity index (χ0) is 9.97. The van der Waals surface area contributed by atoms with E-state index in [0.29, 0.717) is 12.5 Å². The van der Waals surface area contributed by atoms with Gasteiger partial charge in [0.1, 0.15) is 0 Å². The van der Waals surface area contributed by atoms with Gasteiger partial charge in [0, 0.05) is 31.1 Å². The highest BCUT2D eigenvalue weighted by Crippen LogP contribution is 2.23. The normalized spacial score (nSPS) is 21.7. The maximum atomic E-state index is 5.62. The summed E-state index contributed by atoms with van der Waals surface area (Å²) in [5, 5.41) is 1.22. The van der Waals surface area contributed by atoms with Crippen molar-refractivity contribution in [1.82, 2.24) is 4.98 Å². The molecule has 0 saturated carbocycles. The number of hydrogen-bond donors (Lipinski definition) is 1. The molecule has 1 atom stereocenters. The fourth-order valence-electron chi connectivity index (χ4n) is 1.76. The monoisotopic (exact) mass is 212 g/mol. The zero-order valence-electron chi connectivity index (χ0n) is 8.45. The molecule has 0 aromatic carbocycles. The standard InChI is InChI=1S/C10H16N2OS/c1-7-9(5-11)14-10(12-7)4-8-2-3-13-6-8/h8H,2-6,11H2,1H3. The Bertz CT molecular complexity index is 305. The number of aromatic nitrogens is 1. The van der Waals surface area contributed by atoms with Crippen LogP contribution in [0.15, 0.2) is 0 Å². The Morgan fingerprint density at radius 1 is 1.64 bits per heavy atom. The van der Waals surface area contributed by atoms with Crippen LogP contribution in [0, 0.1) is 12.8 Å². The molecule has 78 valence electrons. The number of nitrogens with two attached hydrogens (primary N) is 1. The van der Waals surface area contributed by atoms with Crippen molar-refractivity contribution >= 4 is 11.3 Å². The van der Waals surface area contributed by atoms with E-state index in [9.17, 15) is 0 Å². The van der Waals surface area contributed by atoms with Gasteiger partial charge in [-0.1, -0.05) is 0 Å². The molecule has 0 aliphatic carbocycles. The van der Waals surface area contributed by atoms with E-state index in [1.807, 2.05) is 6.92 Å². The third-order valence-electron chi connectivity index (χ3n) is 2.61. The molecule has 2 rings (SSSR count). The Morgan fingerprint density at radius 2 is 2.50 bits per heavy atom. The van der Waals surface area contributed by atoms with Gasteiger partial charge in [-0.15, -0.1) is 11.3 Å². The van der Waals surface area contributed by atoms with Crippen molar-refractivity contribution in [2.24, 2.45) is 11.7 Å². The summed E-state index contributed by atoms with van der Waals surface area (Å²) in [5.74, 6) is 0.672. The van der Waals surface area contributed by atoms with Gasteiger partial charge >= 0.3 is 0 Å². The summed E-state index contributed by atoms with van der Waals surface area (Å²) in [7, 11) is 0. The maximum absolute atomic E-state index is 5.62. The quantitative estimate of drug-likeness (QED) is 0.825. The molecule has 1 aromatic heterocycles. The van der Waals surface area contributed by atoms with E-state index in [4.69, 9.17) is 10.5 Å². The van der Waals surface area contributed by atoms with Crippen LogP contribution in [0.2, 0.25) is 0 Å². The van der Waals surface area contributed by atoms with E-state index in [2.05, 4.69) is 4.98 Å². The molecular weight excluding hydrogens is 196 g/mol. The lowest BCUT2D eigenvalue weighted by atomic mass is 10.1. The Hall–Kier alpha value is -0.450. The van der Waals surface area contributed by atoms with Crippen molar-refractivity contribution in [2.45, 2.75) is 26.3 Å². The highest BCUT2D eigenvalue weighted by molar-refractivity contribution is 7.11. The second-order valence-electron chi connectivity index (χ2n) is 3.75. The summed E-state index contributed by atoms with van der Waals surface area (Å²) in [6.45, 7) is 4.47. The second kappa shape index (κ2) is 4.38. The summed E-state index contributed by atoms with van der Waals surface area (Å²) in [4.78, 5) is 5.75. The molecule has 1 aliphatic heterocycles. The smallest absolute Gasteiger partial charge is 0.0935 e. The zero-order valence-corrected chi connectivity index (χ0v) is 9.27. The number of nitrogens with zero attached hydrogens (tertiary/aromatic N) is 1. The molecule has 0 amide bonds. The van der Waals surface area contributed by atoms with Crippen molar-refractivity contribution in [3.8, 4) is 0 Å². The predicted molar refractivity (Wildman–Crippen MR) is 57.4 cm³/mol. The van der Waals surface area contributed by atoms with Crippen LogP contribution < -0.4 is 5.73 Å². The summed E-state index contributed by atoms with van der Waals surface area (Å²) in [6, 6.07) is 0. The molecule has 14 heavy (non-hydrogen) atoms. The van der Waals surface area contributed by atoms with Gasteiger partial charge in [0.05, 0.1) is 10.7 Å². The Labute approximate surface area is 88.3 Å². The number of aryl methyl sites for hydroxylation is 1. The largest absolute Gasteiger partial charge is 0.381 e. The van der Waals surface area contributed by atoms with Crippen LogP contribution in [0.4, 0.5) is 0 Å². The molecule has 2 heterocycles. The van der Waals surface area contributed by atoms with Gasteiger partial charge in [-0.3, -0.25) is 0 Å². The predicted octanol–water partition coefficient (Wildman–Crippen LogP) is 1.49. The third-order valence-corrected chi connectivity index (χ3v) is 3.81. The molecule has 1 saturated heterocycles. The minimum atomic E-state index is 0.616. The van der Waals surface area contributed by atoms with Crippen LogP contribution in [-0.2, 0) is 17.7 Å². The van der Waals surface area contributed by atoms with Crippen molar-refractivity contribution in [3.05, 3.63) is 15.6 Å². The van der Waals surface area contributed by atoms with Gasteiger partial charge in [-0.05, 0) is 19.3 Å². The van der Waals surface area contributed by atoms with E-state index < -0.39 is 0 Å². The maximum Gasteiger partial charge on any atom is 0.0935 e. The number of hydrogen-bond acceptors (Lipinski definition) is 4. The average molecular weight is 212 g/mol. The van der Waals surface area contributed by atoms with Gasteiger partial charge in [0.15, 0.2) is 0 Å². The first kappa shape index (κ1) is 10.1. The Morgan fingerprint density at radius 3 is 3.07 bits per heavy atom. The first-order valence-electron chi connectivity index (χ1n) is 5.02. The van der Waals surface area contributed by atoms with Crippen LogP contribution in [0.1, 0.15) is 22.0 Å². The third kappa shape index (κ3) is 2.13. The van der Waals surface area contributed by atoms with Crippen LogP contribution in [0.5, 0.6) is 0 Å². The van der Waals surface area contributed by atoms with Gasteiger partial charge in [0.2, 0.25) is 0 Å². The highest BCUT2D eigenvalue weighted by atomic mass is 32.1. The van der Waals surface area contributed by atoms with Crippen molar-refractivity contribution < 1.29 is 4.74 Å². The van der Waals surface area contributed by atoms with E-state index in [1.165, 1.54) is 16.3 Å². The summed E-state index contributed by atoms with van der Waals surface area (Å²) in [6.07, 6.45) is 2.24. The molecule has 0 spiro atoms. The molecule has 2 N–H and O–H groups in total. The van der Waals surface area contributed by atoms with Crippen molar-refractivity contribution in [1.29, 1.82) is 0 Å². The molecule has 1 fully saturated rings. The van der Waals surface area contributed by atoms with Gasteiger partial charge < -0.3 is 10.5 Å². The lowest BCUT2D eigenvalue weighted by molar-refractivity contribution is 0.186. The Kier molecular flexibility index (Phi) is 3.15. The molecule has 1 aliphatic rings. The fourth-order valence-corrected chi connectivity index (χ4v) is 2.82. The lowest BCUT2D eigenvalue weighted by Gasteiger charge is -2.02. The van der Waals surface area contributed by atoms with E-state index in [0.717, 1.165) is 25.3 Å². The molecule has 4 heteroatoms. The van der Waals surface area contributed by atoms with Crippen molar-refractivity contribution in [3.63, 3.8) is 0 Å². The summed E-state index contributed by atoms with van der Waals surface area (Å²) < 4.78 is 5.34. The molecule has 3 nitrogen and oxygen atoms in total. The minimum Gasteiger partial charge on any atom is -0.381 e. The first-order valence-corrected chi connectivity index (χ1v) is 5.84. The lowest BCUT2D eigenvalue weighted by Crippen LogP contribution is -2.02. The van der Waals surface area contributed by atoms with Gasteiger partial charge in [0.25, 0.3) is 0 Å². The number of rotatable bonds is 3. The first-order chi connectivity index (χ1) is 6.79. The van der Waals surface area contributed by atoms with Gasteiger partial charge in [-0.25, -0.2) is 4.98 Å². The average Bonchev–Trinajstić information content (AvgIpc) is 2.76. The molecule has 0 bridgehead atoms. The fraction of sp³-hybridized carbons (Fsp3) is 0.700. The summed E-state index contributed by atoms with van der Waals surface area (Å²) in [5.41, 5.74) is 6.72. The van der Waals surface area contributed by atoms with Crippen LogP contribution >= 0.6 is 11.3 Å². The molecular formula is C10H16N2OS. The van der Waals surface area contributed by atoms with Crippen LogP contribution in [0.25, 0.3) is 0 Å². The summed E-state index contributed by atoms with van der Waals surface area (Å²) >= 11 is 1.75.